The molecule has 9 heteroatoms. The van der Waals surface area contributed by atoms with Crippen molar-refractivity contribution in [2.45, 2.75) is 0 Å². The third-order valence-electron chi connectivity index (χ3n) is 2.57. The van der Waals surface area contributed by atoms with Gasteiger partial charge in [0.15, 0.2) is 17.4 Å². The summed E-state index contributed by atoms with van der Waals surface area (Å²) in [6.07, 6.45) is 0. The zero-order chi connectivity index (χ0) is 17.6. The molecular formula is C14H12BrF3N2O3. The maximum Gasteiger partial charge on any atom is 0.292 e. The number of nitrogens with zero attached hydrogens (tertiary/aromatic N) is 1. The van der Waals surface area contributed by atoms with Crippen molar-refractivity contribution in [2.75, 3.05) is 20.0 Å². The highest BCUT2D eigenvalue weighted by Gasteiger charge is 2.18. The first kappa shape index (κ1) is 18.8. The van der Waals surface area contributed by atoms with Crippen molar-refractivity contribution in [1.29, 1.82) is 0 Å². The number of carbonyl (C=O) groups is 1. The predicted octanol–water partition coefficient (Wildman–Crippen LogP) is 3.31. The second kappa shape index (κ2) is 8.37. The largest absolute Gasteiger partial charge is 0.490 e. The maximum atomic E-state index is 13.8. The fourth-order valence-corrected chi connectivity index (χ4v) is 1.89. The Morgan fingerprint density at radius 1 is 1.22 bits per heavy atom. The summed E-state index contributed by atoms with van der Waals surface area (Å²) >= 11 is 2.85. The topological polar surface area (TPSA) is 74.4 Å². The molecule has 2 aromatic rings. The van der Waals surface area contributed by atoms with E-state index in [9.17, 15) is 13.2 Å². The summed E-state index contributed by atoms with van der Waals surface area (Å²) in [6.45, 7) is 0.375. The van der Waals surface area contributed by atoms with Crippen molar-refractivity contribution in [3.05, 3.63) is 40.3 Å². The molecule has 0 atom stereocenters. The number of aromatic nitrogens is 1. The molecule has 1 heterocycles. The number of hydrogen-bond acceptors (Lipinski definition) is 5. The Bertz CT molecular complexity index is 691. The van der Waals surface area contributed by atoms with Crippen LogP contribution < -0.4 is 10.5 Å². The summed E-state index contributed by atoms with van der Waals surface area (Å²) in [7, 11) is 2.54. The van der Waals surface area contributed by atoms with Crippen molar-refractivity contribution >= 4 is 28.1 Å². The molecule has 2 rings (SSSR count). The number of pyridine rings is 1. The average Bonchev–Trinajstić information content (AvgIpc) is 2.52. The van der Waals surface area contributed by atoms with Crippen LogP contribution in [0, 0.1) is 17.6 Å². The number of halogens is 4. The quantitative estimate of drug-likeness (QED) is 0.492. The summed E-state index contributed by atoms with van der Waals surface area (Å²) in [5.41, 5.74) is 5.21. The van der Waals surface area contributed by atoms with Gasteiger partial charge < -0.3 is 15.2 Å². The number of carbonyl (C=O) groups excluding carboxylic acids is 1. The Labute approximate surface area is 138 Å². The lowest BCUT2D eigenvalue weighted by atomic mass is 10.1. The van der Waals surface area contributed by atoms with E-state index in [0.717, 1.165) is 0 Å². The smallest absolute Gasteiger partial charge is 0.292 e. The molecule has 1 aromatic heterocycles. The normalized spacial score (nSPS) is 9.65. The fourth-order valence-electron chi connectivity index (χ4n) is 1.58. The van der Waals surface area contributed by atoms with E-state index in [1.165, 1.54) is 32.4 Å². The standard InChI is InChI=1S/C12H8BrF3N2O.C2H4O2/c1-19-11-7(17)4-8(18-12(11)16)5-2-3-6(13)10(15)9(5)14;1-4-2-3/h2-4H,1H3,(H2,17,18);2H,1H3. The zero-order valence-corrected chi connectivity index (χ0v) is 13.7. The van der Waals surface area contributed by atoms with Crippen LogP contribution in [0.4, 0.5) is 18.9 Å². The summed E-state index contributed by atoms with van der Waals surface area (Å²) in [4.78, 5) is 12.5. The van der Waals surface area contributed by atoms with Crippen molar-refractivity contribution in [3.8, 4) is 17.0 Å². The highest BCUT2D eigenvalue weighted by Crippen LogP contribution is 2.32. The number of ether oxygens (including phenoxy) is 2. The van der Waals surface area contributed by atoms with Crippen molar-refractivity contribution in [3.63, 3.8) is 0 Å². The van der Waals surface area contributed by atoms with Crippen molar-refractivity contribution in [1.82, 2.24) is 4.98 Å². The minimum absolute atomic E-state index is 0.0318. The Kier molecular flexibility index (Phi) is 6.83. The maximum absolute atomic E-state index is 13.8. The summed E-state index contributed by atoms with van der Waals surface area (Å²) in [6, 6.07) is 3.79. The molecule has 0 radical (unpaired) electrons. The molecule has 23 heavy (non-hydrogen) atoms. The number of rotatable bonds is 3. The lowest BCUT2D eigenvalue weighted by molar-refractivity contribution is -0.126. The Balaban J connectivity index is 0.000000593. The van der Waals surface area contributed by atoms with Gasteiger partial charge in [-0.25, -0.2) is 13.8 Å². The molecule has 0 bridgehead atoms. The van der Waals surface area contributed by atoms with E-state index < -0.39 is 17.6 Å². The van der Waals surface area contributed by atoms with E-state index in [4.69, 9.17) is 15.3 Å². The lowest BCUT2D eigenvalue weighted by Crippen LogP contribution is -2.01. The summed E-state index contributed by atoms with van der Waals surface area (Å²) < 4.78 is 49.3. The van der Waals surface area contributed by atoms with Crippen LogP contribution in [-0.2, 0) is 9.53 Å². The average molecular weight is 393 g/mol. The van der Waals surface area contributed by atoms with E-state index in [0.29, 0.717) is 6.47 Å². The van der Waals surface area contributed by atoms with Gasteiger partial charge in [-0.1, -0.05) is 0 Å². The molecule has 0 aliphatic heterocycles. The van der Waals surface area contributed by atoms with E-state index in [-0.39, 0.29) is 27.2 Å². The van der Waals surface area contributed by atoms with Gasteiger partial charge >= 0.3 is 0 Å². The third-order valence-corrected chi connectivity index (χ3v) is 3.18. The molecule has 0 amide bonds. The van der Waals surface area contributed by atoms with Gasteiger partial charge in [-0.15, -0.1) is 0 Å². The molecular weight excluding hydrogens is 381 g/mol. The Morgan fingerprint density at radius 2 is 1.83 bits per heavy atom. The molecule has 0 spiro atoms. The van der Waals surface area contributed by atoms with E-state index >= 15 is 0 Å². The first-order valence-electron chi connectivity index (χ1n) is 5.97. The number of nitrogen functional groups attached to an aromatic ring is 1. The molecule has 0 aliphatic rings. The molecule has 2 N–H and O–H groups in total. The third kappa shape index (κ3) is 4.35. The van der Waals surface area contributed by atoms with Crippen molar-refractivity contribution in [2.24, 2.45) is 0 Å². The van der Waals surface area contributed by atoms with Crippen LogP contribution in [0.2, 0.25) is 0 Å². The van der Waals surface area contributed by atoms with Gasteiger partial charge in [0.2, 0.25) is 0 Å². The summed E-state index contributed by atoms with van der Waals surface area (Å²) in [5, 5.41) is 0. The molecule has 0 fully saturated rings. The zero-order valence-electron chi connectivity index (χ0n) is 12.1. The van der Waals surface area contributed by atoms with E-state index in [1.54, 1.807) is 0 Å². The van der Waals surface area contributed by atoms with Gasteiger partial charge in [0.1, 0.15) is 0 Å². The monoisotopic (exact) mass is 392 g/mol. The van der Waals surface area contributed by atoms with Crippen LogP contribution in [-0.4, -0.2) is 25.7 Å². The van der Waals surface area contributed by atoms with Gasteiger partial charge in [0, 0.05) is 5.56 Å². The highest BCUT2D eigenvalue weighted by molar-refractivity contribution is 9.10. The van der Waals surface area contributed by atoms with Crippen LogP contribution >= 0.6 is 15.9 Å². The minimum Gasteiger partial charge on any atom is -0.490 e. The Morgan fingerprint density at radius 3 is 2.30 bits per heavy atom. The number of methoxy groups -OCH3 is 2. The molecule has 0 aliphatic carbocycles. The molecule has 0 unspecified atom stereocenters. The van der Waals surface area contributed by atoms with Gasteiger partial charge in [0.05, 0.1) is 30.1 Å². The number of nitrogens with two attached hydrogens (primary N) is 1. The SMILES string of the molecule is COC=O.COc1c(N)cc(-c2ccc(Br)c(F)c2F)nc1F. The predicted molar refractivity (Wildman–Crippen MR) is 81.3 cm³/mol. The second-order valence-corrected chi connectivity index (χ2v) is 4.83. The molecule has 1 aromatic carbocycles. The first-order chi connectivity index (χ1) is 10.9. The molecule has 0 saturated heterocycles. The molecule has 5 nitrogen and oxygen atoms in total. The second-order valence-electron chi connectivity index (χ2n) is 3.98. The highest BCUT2D eigenvalue weighted by atomic mass is 79.9. The summed E-state index contributed by atoms with van der Waals surface area (Å²) in [5.74, 6) is -3.43. The van der Waals surface area contributed by atoms with E-state index in [2.05, 4.69) is 25.7 Å². The fraction of sp³-hybridized carbons (Fsp3) is 0.143. The lowest BCUT2D eigenvalue weighted by Gasteiger charge is -2.09. The van der Waals surface area contributed by atoms with E-state index in [1.807, 2.05) is 0 Å². The van der Waals surface area contributed by atoms with Crippen LogP contribution in [0.3, 0.4) is 0 Å². The minimum atomic E-state index is -1.13. The van der Waals surface area contributed by atoms with Gasteiger partial charge in [-0.3, -0.25) is 4.79 Å². The van der Waals surface area contributed by atoms with Crippen LogP contribution in [0.5, 0.6) is 5.75 Å². The van der Waals surface area contributed by atoms with Crippen LogP contribution in [0.15, 0.2) is 22.7 Å². The molecule has 124 valence electrons. The molecule has 0 saturated carbocycles. The van der Waals surface area contributed by atoms with Crippen LogP contribution in [0.1, 0.15) is 0 Å². The number of hydrogen-bond donors (Lipinski definition) is 1. The number of anilines is 1. The van der Waals surface area contributed by atoms with Crippen LogP contribution in [0.25, 0.3) is 11.3 Å². The first-order valence-corrected chi connectivity index (χ1v) is 6.76. The Hall–Kier alpha value is -2.29. The van der Waals surface area contributed by atoms with Crippen molar-refractivity contribution < 1.29 is 27.4 Å². The van der Waals surface area contributed by atoms with Gasteiger partial charge in [0.25, 0.3) is 12.4 Å². The van der Waals surface area contributed by atoms with Gasteiger partial charge in [-0.05, 0) is 34.1 Å². The van der Waals surface area contributed by atoms with Gasteiger partial charge in [-0.2, -0.15) is 4.39 Å². The number of benzene rings is 1.